The van der Waals surface area contributed by atoms with Crippen LogP contribution in [0.4, 0.5) is 5.69 Å². The number of nitrogens with one attached hydrogen (secondary N) is 1. The average Bonchev–Trinajstić information content (AvgIpc) is 3.11. The second-order valence-corrected chi connectivity index (χ2v) is 5.75. The quantitative estimate of drug-likeness (QED) is 0.675. The highest BCUT2D eigenvalue weighted by Gasteiger charge is 2.08. The Bertz CT molecular complexity index is 904. The van der Waals surface area contributed by atoms with E-state index in [-0.39, 0.29) is 17.7 Å². The molecule has 1 amide bonds. The molecule has 7 heteroatoms. The molecule has 0 aliphatic rings. The van der Waals surface area contributed by atoms with Gasteiger partial charge in [-0.1, -0.05) is 26.0 Å². The molecule has 0 atom stereocenters. The number of hydrogen-bond donors (Lipinski definition) is 1. The van der Waals surface area contributed by atoms with Gasteiger partial charge in [0, 0.05) is 42.1 Å². The highest BCUT2D eigenvalue weighted by atomic mass is 16.5. The zero-order valence-corrected chi connectivity index (χ0v) is 14.4. The van der Waals surface area contributed by atoms with E-state index in [0.29, 0.717) is 23.2 Å². The number of rotatable bonds is 6. The molecule has 3 aromatic rings. The summed E-state index contributed by atoms with van der Waals surface area (Å²) in [5.74, 6) is 1.70. The minimum Gasteiger partial charge on any atom is -0.439 e. The summed E-state index contributed by atoms with van der Waals surface area (Å²) in [6.45, 7) is 3.90. The van der Waals surface area contributed by atoms with Gasteiger partial charge >= 0.3 is 0 Å². The Labute approximate surface area is 150 Å². The lowest BCUT2D eigenvalue weighted by Gasteiger charge is -2.07. The van der Waals surface area contributed by atoms with Crippen molar-refractivity contribution < 1.29 is 13.9 Å². The molecule has 0 spiro atoms. The van der Waals surface area contributed by atoms with Crippen molar-refractivity contribution in [2.45, 2.75) is 19.8 Å². The number of ether oxygens (including phenoxy) is 1. The van der Waals surface area contributed by atoms with Crippen molar-refractivity contribution in [3.63, 3.8) is 0 Å². The zero-order valence-electron chi connectivity index (χ0n) is 14.4. The molecule has 0 aliphatic heterocycles. The van der Waals surface area contributed by atoms with E-state index in [4.69, 9.17) is 9.15 Å². The van der Waals surface area contributed by atoms with E-state index in [9.17, 15) is 4.79 Å². The Kier molecular flexibility index (Phi) is 5.38. The van der Waals surface area contributed by atoms with E-state index >= 15 is 0 Å². The molecule has 0 saturated heterocycles. The predicted molar refractivity (Wildman–Crippen MR) is 96.8 cm³/mol. The van der Waals surface area contributed by atoms with Crippen LogP contribution < -0.4 is 10.1 Å². The normalized spacial score (nSPS) is 11.0. The number of carbonyl (C=O) groups is 1. The standard InChI is InChI=1S/C19H18N4O3/c1-13(2)19-23-22-18(26-19)10-9-16(24)21-14-6-5-7-15(12-14)25-17-8-3-4-11-20-17/h3-13H,1-2H3,(H,21,24)/b10-9+. The molecular formula is C19H18N4O3. The van der Waals surface area contributed by atoms with Crippen molar-refractivity contribution in [2.75, 3.05) is 5.32 Å². The number of aromatic nitrogens is 3. The lowest BCUT2D eigenvalue weighted by Crippen LogP contribution is -2.07. The van der Waals surface area contributed by atoms with E-state index < -0.39 is 0 Å². The maximum absolute atomic E-state index is 12.1. The van der Waals surface area contributed by atoms with Gasteiger partial charge in [-0.05, 0) is 18.2 Å². The van der Waals surface area contributed by atoms with Crippen LogP contribution in [0.2, 0.25) is 0 Å². The molecule has 2 heterocycles. The van der Waals surface area contributed by atoms with Crippen molar-refractivity contribution in [2.24, 2.45) is 0 Å². The fraction of sp³-hybridized carbons (Fsp3) is 0.158. The summed E-state index contributed by atoms with van der Waals surface area (Å²) in [6, 6.07) is 12.4. The minimum absolute atomic E-state index is 0.139. The molecule has 132 valence electrons. The Morgan fingerprint density at radius 1 is 1.19 bits per heavy atom. The molecule has 0 bridgehead atoms. The molecule has 0 unspecified atom stereocenters. The van der Waals surface area contributed by atoms with E-state index in [1.807, 2.05) is 26.0 Å². The number of nitrogens with zero attached hydrogens (tertiary/aromatic N) is 3. The van der Waals surface area contributed by atoms with E-state index in [2.05, 4.69) is 20.5 Å². The van der Waals surface area contributed by atoms with E-state index in [1.54, 1.807) is 36.5 Å². The van der Waals surface area contributed by atoms with Gasteiger partial charge < -0.3 is 14.5 Å². The molecule has 0 saturated carbocycles. The van der Waals surface area contributed by atoms with Gasteiger partial charge in [0.05, 0.1) is 0 Å². The number of pyridine rings is 1. The van der Waals surface area contributed by atoms with Crippen LogP contribution in [0.1, 0.15) is 31.5 Å². The topological polar surface area (TPSA) is 90.1 Å². The van der Waals surface area contributed by atoms with Gasteiger partial charge in [0.2, 0.25) is 23.6 Å². The molecular weight excluding hydrogens is 332 g/mol. The summed E-state index contributed by atoms with van der Waals surface area (Å²) in [4.78, 5) is 16.2. The third kappa shape index (κ3) is 4.76. The van der Waals surface area contributed by atoms with Crippen LogP contribution >= 0.6 is 0 Å². The molecule has 26 heavy (non-hydrogen) atoms. The summed E-state index contributed by atoms with van der Waals surface area (Å²) < 4.78 is 11.1. The lowest BCUT2D eigenvalue weighted by atomic mass is 10.2. The summed E-state index contributed by atoms with van der Waals surface area (Å²) in [5.41, 5.74) is 0.599. The van der Waals surface area contributed by atoms with Gasteiger partial charge in [-0.3, -0.25) is 4.79 Å². The molecule has 3 rings (SSSR count). The van der Waals surface area contributed by atoms with Crippen molar-refractivity contribution in [1.82, 2.24) is 15.2 Å². The van der Waals surface area contributed by atoms with Crippen LogP contribution in [0.5, 0.6) is 11.6 Å². The Morgan fingerprint density at radius 3 is 2.81 bits per heavy atom. The van der Waals surface area contributed by atoms with Gasteiger partial charge in [-0.2, -0.15) is 0 Å². The third-order valence-corrected chi connectivity index (χ3v) is 3.29. The summed E-state index contributed by atoms with van der Waals surface area (Å²) in [7, 11) is 0. The van der Waals surface area contributed by atoms with Crippen LogP contribution in [0.15, 0.2) is 59.2 Å². The maximum Gasteiger partial charge on any atom is 0.248 e. The van der Waals surface area contributed by atoms with Crippen LogP contribution in [-0.4, -0.2) is 21.1 Å². The zero-order chi connectivity index (χ0) is 18.4. The van der Waals surface area contributed by atoms with Gasteiger partial charge in [0.1, 0.15) is 5.75 Å². The second kappa shape index (κ2) is 8.06. The summed E-state index contributed by atoms with van der Waals surface area (Å²) in [6.07, 6.45) is 4.46. The van der Waals surface area contributed by atoms with Gasteiger partial charge in [-0.15, -0.1) is 10.2 Å². The number of anilines is 1. The Hall–Kier alpha value is -3.48. The van der Waals surface area contributed by atoms with E-state index in [1.165, 1.54) is 12.2 Å². The maximum atomic E-state index is 12.1. The minimum atomic E-state index is -0.315. The number of benzene rings is 1. The van der Waals surface area contributed by atoms with Crippen LogP contribution in [0.25, 0.3) is 6.08 Å². The summed E-state index contributed by atoms with van der Waals surface area (Å²) >= 11 is 0. The molecule has 0 aliphatic carbocycles. The first-order chi connectivity index (χ1) is 12.6. The Balaban J connectivity index is 1.62. The summed E-state index contributed by atoms with van der Waals surface area (Å²) in [5, 5.41) is 10.5. The van der Waals surface area contributed by atoms with Crippen LogP contribution in [-0.2, 0) is 4.79 Å². The lowest BCUT2D eigenvalue weighted by molar-refractivity contribution is -0.111. The van der Waals surface area contributed by atoms with Gasteiger partial charge in [0.15, 0.2) is 0 Å². The highest BCUT2D eigenvalue weighted by Crippen LogP contribution is 2.22. The number of amides is 1. The first kappa shape index (κ1) is 17.3. The third-order valence-electron chi connectivity index (χ3n) is 3.29. The molecule has 1 aromatic carbocycles. The Morgan fingerprint density at radius 2 is 2.08 bits per heavy atom. The van der Waals surface area contributed by atoms with Crippen molar-refractivity contribution in [3.05, 3.63) is 66.5 Å². The molecule has 7 nitrogen and oxygen atoms in total. The number of hydrogen-bond acceptors (Lipinski definition) is 6. The first-order valence-electron chi connectivity index (χ1n) is 8.11. The van der Waals surface area contributed by atoms with Crippen LogP contribution in [0, 0.1) is 0 Å². The molecule has 2 aromatic heterocycles. The molecule has 0 fully saturated rings. The van der Waals surface area contributed by atoms with Gasteiger partial charge in [-0.25, -0.2) is 4.98 Å². The fourth-order valence-electron chi connectivity index (χ4n) is 2.04. The SMILES string of the molecule is CC(C)c1nnc(/C=C/C(=O)Nc2cccc(Oc3ccccn3)c2)o1. The predicted octanol–water partition coefficient (Wildman–Crippen LogP) is 4.03. The van der Waals surface area contributed by atoms with Crippen molar-refractivity contribution >= 4 is 17.7 Å². The van der Waals surface area contributed by atoms with Crippen molar-refractivity contribution in [3.8, 4) is 11.6 Å². The van der Waals surface area contributed by atoms with Crippen LogP contribution in [0.3, 0.4) is 0 Å². The van der Waals surface area contributed by atoms with Gasteiger partial charge in [0.25, 0.3) is 0 Å². The van der Waals surface area contributed by atoms with E-state index in [0.717, 1.165) is 0 Å². The van der Waals surface area contributed by atoms with Crippen molar-refractivity contribution in [1.29, 1.82) is 0 Å². The molecule has 1 N–H and O–H groups in total. The smallest absolute Gasteiger partial charge is 0.248 e. The fourth-order valence-corrected chi connectivity index (χ4v) is 2.04. The number of carbonyl (C=O) groups excluding carboxylic acids is 1. The second-order valence-electron chi connectivity index (χ2n) is 5.75. The monoisotopic (exact) mass is 350 g/mol. The largest absolute Gasteiger partial charge is 0.439 e. The first-order valence-corrected chi connectivity index (χ1v) is 8.11. The molecule has 0 radical (unpaired) electrons. The highest BCUT2D eigenvalue weighted by molar-refractivity contribution is 6.01. The average molecular weight is 350 g/mol.